The summed E-state index contributed by atoms with van der Waals surface area (Å²) in [6.45, 7) is 6.45. The SMILES string of the molecule is CCOc1ccc(N2C(=O)C(Nc3cc(C)cc(C)c3)=C(c3ccccc3)C2=O)cc1. The number of ether oxygens (including phenoxy) is 1. The maximum absolute atomic E-state index is 13.4. The van der Waals surface area contributed by atoms with Crippen LogP contribution in [-0.2, 0) is 9.59 Å². The standard InChI is InChI=1S/C26H24N2O3/c1-4-31-22-12-10-21(11-13-22)28-25(29)23(19-8-6-5-7-9-19)24(26(28)30)27-20-15-17(2)14-18(3)16-20/h5-16,27H,4H2,1-3H3. The zero-order chi connectivity index (χ0) is 22.0. The number of carbonyl (C=O) groups excluding carboxylic acids is 2. The Hall–Kier alpha value is -3.86. The van der Waals surface area contributed by atoms with Crippen LogP contribution in [-0.4, -0.2) is 18.4 Å². The van der Waals surface area contributed by atoms with E-state index in [4.69, 9.17) is 4.74 Å². The van der Waals surface area contributed by atoms with E-state index in [-0.39, 0.29) is 17.5 Å². The minimum atomic E-state index is -0.382. The number of carbonyl (C=O) groups is 2. The average molecular weight is 412 g/mol. The maximum Gasteiger partial charge on any atom is 0.282 e. The van der Waals surface area contributed by atoms with Gasteiger partial charge in [0.2, 0.25) is 0 Å². The summed E-state index contributed by atoms with van der Waals surface area (Å²) in [6, 6.07) is 22.2. The third-order valence-electron chi connectivity index (χ3n) is 5.04. The second-order valence-electron chi connectivity index (χ2n) is 7.49. The molecule has 1 aliphatic heterocycles. The molecule has 1 aliphatic rings. The molecule has 0 saturated heterocycles. The van der Waals surface area contributed by atoms with E-state index in [1.54, 1.807) is 24.3 Å². The lowest BCUT2D eigenvalue weighted by Crippen LogP contribution is -2.32. The second-order valence-corrected chi connectivity index (χ2v) is 7.49. The molecule has 0 unspecified atom stereocenters. The lowest BCUT2D eigenvalue weighted by Gasteiger charge is -2.16. The molecule has 0 bridgehead atoms. The van der Waals surface area contributed by atoms with Crippen LogP contribution in [0.2, 0.25) is 0 Å². The Kier molecular flexibility index (Phi) is 5.58. The topological polar surface area (TPSA) is 58.6 Å². The minimum absolute atomic E-state index is 0.273. The summed E-state index contributed by atoms with van der Waals surface area (Å²) in [5.41, 5.74) is 4.75. The van der Waals surface area contributed by atoms with Gasteiger partial charge >= 0.3 is 0 Å². The van der Waals surface area contributed by atoms with Crippen molar-refractivity contribution in [2.24, 2.45) is 0 Å². The second kappa shape index (κ2) is 8.48. The van der Waals surface area contributed by atoms with Gasteiger partial charge in [-0.1, -0.05) is 36.4 Å². The van der Waals surface area contributed by atoms with Crippen LogP contribution in [0.1, 0.15) is 23.6 Å². The number of aryl methyl sites for hydroxylation is 2. The fourth-order valence-electron chi connectivity index (χ4n) is 3.80. The molecule has 0 spiro atoms. The maximum atomic E-state index is 13.4. The Morgan fingerprint density at radius 1 is 0.839 bits per heavy atom. The third kappa shape index (κ3) is 4.08. The lowest BCUT2D eigenvalue weighted by atomic mass is 10.0. The highest BCUT2D eigenvalue weighted by Gasteiger charge is 2.40. The van der Waals surface area contributed by atoms with Crippen LogP contribution < -0.4 is 15.0 Å². The predicted molar refractivity (Wildman–Crippen MR) is 123 cm³/mol. The smallest absolute Gasteiger partial charge is 0.282 e. The van der Waals surface area contributed by atoms with Crippen LogP contribution in [0.25, 0.3) is 5.57 Å². The van der Waals surface area contributed by atoms with Gasteiger partial charge in [-0.15, -0.1) is 0 Å². The van der Waals surface area contributed by atoms with Crippen molar-refractivity contribution in [1.82, 2.24) is 0 Å². The van der Waals surface area contributed by atoms with Crippen molar-refractivity contribution in [2.45, 2.75) is 20.8 Å². The van der Waals surface area contributed by atoms with Gasteiger partial charge in [-0.2, -0.15) is 0 Å². The fraction of sp³-hybridized carbons (Fsp3) is 0.154. The first-order valence-electron chi connectivity index (χ1n) is 10.2. The van der Waals surface area contributed by atoms with E-state index in [1.807, 2.05) is 63.2 Å². The highest BCUT2D eigenvalue weighted by molar-refractivity contribution is 6.46. The van der Waals surface area contributed by atoms with Crippen LogP contribution in [0.4, 0.5) is 11.4 Å². The molecule has 0 aromatic heterocycles. The molecule has 0 saturated carbocycles. The first-order chi connectivity index (χ1) is 15.0. The van der Waals surface area contributed by atoms with Gasteiger partial charge in [-0.25, -0.2) is 4.90 Å². The lowest BCUT2D eigenvalue weighted by molar-refractivity contribution is -0.120. The molecule has 0 atom stereocenters. The molecule has 5 heteroatoms. The molecule has 31 heavy (non-hydrogen) atoms. The summed E-state index contributed by atoms with van der Waals surface area (Å²) >= 11 is 0. The van der Waals surface area contributed by atoms with Gasteiger partial charge in [0.05, 0.1) is 17.9 Å². The zero-order valence-corrected chi connectivity index (χ0v) is 17.8. The van der Waals surface area contributed by atoms with Crippen LogP contribution >= 0.6 is 0 Å². The van der Waals surface area contributed by atoms with Gasteiger partial charge in [0.1, 0.15) is 11.4 Å². The third-order valence-corrected chi connectivity index (χ3v) is 5.04. The number of nitrogens with one attached hydrogen (secondary N) is 1. The summed E-state index contributed by atoms with van der Waals surface area (Å²) in [5, 5.41) is 3.23. The predicted octanol–water partition coefficient (Wildman–Crippen LogP) is 5.10. The number of hydrogen-bond acceptors (Lipinski definition) is 4. The molecule has 0 radical (unpaired) electrons. The quantitative estimate of drug-likeness (QED) is 0.573. The monoisotopic (exact) mass is 412 g/mol. The Bertz CT molecular complexity index is 1140. The molecule has 0 aliphatic carbocycles. The Balaban J connectivity index is 1.77. The van der Waals surface area contributed by atoms with Crippen LogP contribution in [0.5, 0.6) is 5.75 Å². The van der Waals surface area contributed by atoms with Crippen molar-refractivity contribution in [3.05, 3.63) is 95.2 Å². The van der Waals surface area contributed by atoms with Crippen LogP contribution in [0, 0.1) is 13.8 Å². The van der Waals surface area contributed by atoms with E-state index in [2.05, 4.69) is 11.4 Å². The van der Waals surface area contributed by atoms with Crippen molar-refractivity contribution in [2.75, 3.05) is 16.8 Å². The highest BCUT2D eigenvalue weighted by atomic mass is 16.5. The number of nitrogens with zero attached hydrogens (tertiary/aromatic N) is 1. The van der Waals surface area contributed by atoms with Crippen LogP contribution in [0.3, 0.4) is 0 Å². The van der Waals surface area contributed by atoms with Crippen molar-refractivity contribution in [3.8, 4) is 5.75 Å². The normalized spacial score (nSPS) is 13.7. The Labute approximate surface area is 182 Å². The summed E-state index contributed by atoms with van der Waals surface area (Å²) in [6.07, 6.45) is 0. The minimum Gasteiger partial charge on any atom is -0.494 e. The van der Waals surface area contributed by atoms with E-state index in [0.29, 0.717) is 29.2 Å². The molecule has 1 heterocycles. The molecule has 3 aromatic rings. The molecule has 5 nitrogen and oxygen atoms in total. The van der Waals surface area contributed by atoms with E-state index in [1.165, 1.54) is 4.90 Å². The molecular weight excluding hydrogens is 388 g/mol. The van der Waals surface area contributed by atoms with Gasteiger partial charge in [-0.3, -0.25) is 9.59 Å². The Morgan fingerprint density at radius 2 is 1.48 bits per heavy atom. The van der Waals surface area contributed by atoms with E-state index < -0.39 is 0 Å². The van der Waals surface area contributed by atoms with Gasteiger partial charge in [0.15, 0.2) is 0 Å². The first kappa shape index (κ1) is 20.4. The van der Waals surface area contributed by atoms with Crippen molar-refractivity contribution >= 4 is 28.8 Å². The molecule has 156 valence electrons. The molecule has 2 amide bonds. The van der Waals surface area contributed by atoms with Crippen molar-refractivity contribution < 1.29 is 14.3 Å². The Morgan fingerprint density at radius 3 is 2.10 bits per heavy atom. The molecular formula is C26H24N2O3. The van der Waals surface area contributed by atoms with Crippen molar-refractivity contribution in [3.63, 3.8) is 0 Å². The summed E-state index contributed by atoms with van der Waals surface area (Å²) in [7, 11) is 0. The van der Waals surface area contributed by atoms with E-state index >= 15 is 0 Å². The number of benzene rings is 3. The average Bonchev–Trinajstić information content (AvgIpc) is 2.98. The number of anilines is 2. The highest BCUT2D eigenvalue weighted by Crippen LogP contribution is 2.34. The van der Waals surface area contributed by atoms with Gasteiger partial charge < -0.3 is 10.1 Å². The number of amides is 2. The van der Waals surface area contributed by atoms with Crippen molar-refractivity contribution in [1.29, 1.82) is 0 Å². The summed E-state index contributed by atoms with van der Waals surface area (Å²) < 4.78 is 5.48. The fourth-order valence-corrected chi connectivity index (χ4v) is 3.80. The number of rotatable bonds is 6. The first-order valence-corrected chi connectivity index (χ1v) is 10.2. The molecule has 1 N–H and O–H groups in total. The van der Waals surface area contributed by atoms with E-state index in [0.717, 1.165) is 16.8 Å². The number of hydrogen-bond donors (Lipinski definition) is 1. The molecule has 0 fully saturated rings. The van der Waals surface area contributed by atoms with Crippen LogP contribution in [0.15, 0.2) is 78.5 Å². The zero-order valence-electron chi connectivity index (χ0n) is 17.8. The molecule has 4 rings (SSSR count). The summed E-state index contributed by atoms with van der Waals surface area (Å²) in [4.78, 5) is 28.1. The number of imide groups is 1. The van der Waals surface area contributed by atoms with Gasteiger partial charge in [0.25, 0.3) is 11.8 Å². The largest absolute Gasteiger partial charge is 0.494 e. The van der Waals surface area contributed by atoms with Gasteiger partial charge in [0, 0.05) is 5.69 Å². The van der Waals surface area contributed by atoms with Gasteiger partial charge in [-0.05, 0) is 73.9 Å². The molecule has 3 aromatic carbocycles. The van der Waals surface area contributed by atoms with E-state index in [9.17, 15) is 9.59 Å². The summed E-state index contributed by atoms with van der Waals surface area (Å²) in [5.74, 6) is -0.0467.